The number of nitrogens with zero attached hydrogens (tertiary/aromatic N) is 6. The summed E-state index contributed by atoms with van der Waals surface area (Å²) in [5.74, 6) is -2.16. The van der Waals surface area contributed by atoms with Gasteiger partial charge in [0, 0.05) is 57.0 Å². The molecule has 6 rings (SSSR count). The number of methoxy groups -OCH3 is 1. The van der Waals surface area contributed by atoms with Crippen molar-refractivity contribution >= 4 is 51.1 Å². The summed E-state index contributed by atoms with van der Waals surface area (Å²) in [6.45, 7) is 0.347. The maximum atomic E-state index is 13.2. The second-order valence-corrected chi connectivity index (χ2v) is 11.2. The summed E-state index contributed by atoms with van der Waals surface area (Å²) in [6, 6.07) is 15.9. The third-order valence-corrected chi connectivity index (χ3v) is 8.16. The Labute approximate surface area is 267 Å². The van der Waals surface area contributed by atoms with Crippen molar-refractivity contribution < 1.29 is 31.1 Å². The number of pyridine rings is 2. The number of ether oxygens (including phenoxy) is 1. The third-order valence-electron chi connectivity index (χ3n) is 7.37. The van der Waals surface area contributed by atoms with Gasteiger partial charge in [-0.2, -0.15) is 36.4 Å². The Morgan fingerprint density at radius 3 is 2.34 bits per heavy atom. The predicted octanol–water partition coefficient (Wildman–Crippen LogP) is 8.36. The first-order chi connectivity index (χ1) is 22.4. The zero-order valence-corrected chi connectivity index (χ0v) is 25.4. The SMILES string of the molecule is COc1ccnc(NSc2ccc(Nc3cc4c(-c5ccc6c(cnn6CC(C(F)(F)F)C(F)(F)F)c5C)nccc4cn3)cc2)n1. The van der Waals surface area contributed by atoms with Crippen molar-refractivity contribution in [1.29, 1.82) is 0 Å². The molecule has 16 heteroatoms. The first kappa shape index (κ1) is 31.8. The predicted molar refractivity (Wildman–Crippen MR) is 166 cm³/mol. The summed E-state index contributed by atoms with van der Waals surface area (Å²) in [4.78, 5) is 18.3. The fourth-order valence-electron chi connectivity index (χ4n) is 4.97. The quantitative estimate of drug-likeness (QED) is 0.116. The number of halogens is 6. The number of nitrogens with one attached hydrogen (secondary N) is 2. The molecule has 2 aromatic carbocycles. The fraction of sp³-hybridized carbons (Fsp3) is 0.194. The van der Waals surface area contributed by atoms with E-state index in [1.807, 2.05) is 30.3 Å². The standard InChI is InChI=1S/C31H24F6N8OS/c1-17-21(7-8-24-23(17)15-41-45(24)16-25(30(32,33)34)31(35,36)37)28-22-13-26(40-14-18(22)9-11-38-28)42-19-3-5-20(6-4-19)47-44-29-39-12-10-27(43-29)46-2/h3-15,25H,16H2,1-2H3,(H,40,42)(H,39,43,44). The molecule has 0 atom stereocenters. The van der Waals surface area contributed by atoms with Gasteiger partial charge in [0.25, 0.3) is 0 Å². The maximum Gasteiger partial charge on any atom is 0.402 e. The van der Waals surface area contributed by atoms with E-state index in [-0.39, 0.29) is 5.52 Å². The van der Waals surface area contributed by atoms with E-state index in [2.05, 4.69) is 35.1 Å². The zero-order valence-electron chi connectivity index (χ0n) is 24.6. The lowest BCUT2D eigenvalue weighted by Gasteiger charge is -2.23. The number of anilines is 3. The van der Waals surface area contributed by atoms with E-state index >= 15 is 0 Å². The second kappa shape index (κ2) is 12.6. The van der Waals surface area contributed by atoms with Gasteiger partial charge in [-0.15, -0.1) is 0 Å². The summed E-state index contributed by atoms with van der Waals surface area (Å²) >= 11 is 1.33. The van der Waals surface area contributed by atoms with Crippen LogP contribution in [0.1, 0.15) is 5.56 Å². The van der Waals surface area contributed by atoms with E-state index in [1.165, 1.54) is 31.3 Å². The zero-order chi connectivity index (χ0) is 33.3. The Kier molecular flexibility index (Phi) is 8.53. The van der Waals surface area contributed by atoms with Crippen molar-refractivity contribution in [3.8, 4) is 17.1 Å². The van der Waals surface area contributed by atoms with Gasteiger partial charge in [-0.1, -0.05) is 6.07 Å². The van der Waals surface area contributed by atoms with Crippen molar-refractivity contribution in [2.45, 2.75) is 30.7 Å². The van der Waals surface area contributed by atoms with E-state index in [4.69, 9.17) is 4.74 Å². The molecule has 0 bridgehead atoms. The van der Waals surface area contributed by atoms with E-state index < -0.39 is 24.8 Å². The minimum atomic E-state index is -5.47. The molecule has 4 aromatic heterocycles. The van der Waals surface area contributed by atoms with Gasteiger partial charge in [-0.05, 0) is 66.9 Å². The van der Waals surface area contributed by atoms with Gasteiger partial charge in [-0.25, -0.2) is 9.97 Å². The molecule has 9 nitrogen and oxygen atoms in total. The number of aromatic nitrogens is 6. The lowest BCUT2D eigenvalue weighted by molar-refractivity contribution is -0.287. The van der Waals surface area contributed by atoms with Crippen LogP contribution in [0.2, 0.25) is 0 Å². The monoisotopic (exact) mass is 670 g/mol. The first-order valence-corrected chi connectivity index (χ1v) is 14.7. The van der Waals surface area contributed by atoms with Crippen LogP contribution in [0.15, 0.2) is 84.3 Å². The Bertz CT molecular complexity index is 2040. The molecule has 0 aliphatic carbocycles. The smallest absolute Gasteiger partial charge is 0.402 e. The van der Waals surface area contributed by atoms with Crippen LogP contribution in [0.4, 0.5) is 43.8 Å². The highest BCUT2D eigenvalue weighted by molar-refractivity contribution is 8.00. The van der Waals surface area contributed by atoms with Crippen LogP contribution in [0, 0.1) is 12.8 Å². The molecule has 0 aliphatic rings. The van der Waals surface area contributed by atoms with Gasteiger partial charge in [0.1, 0.15) is 5.82 Å². The van der Waals surface area contributed by atoms with Crippen LogP contribution in [0.5, 0.6) is 5.88 Å². The Balaban J connectivity index is 1.24. The number of alkyl halides is 6. The Morgan fingerprint density at radius 1 is 0.872 bits per heavy atom. The fourth-order valence-corrected chi connectivity index (χ4v) is 5.55. The lowest BCUT2D eigenvalue weighted by Crippen LogP contribution is -2.39. The number of hydrogen-bond acceptors (Lipinski definition) is 9. The Hall–Kier alpha value is -5.12. The molecule has 4 heterocycles. The van der Waals surface area contributed by atoms with Gasteiger partial charge in [0.2, 0.25) is 11.8 Å². The topological polar surface area (TPSA) is 103 Å². The third kappa shape index (κ3) is 6.86. The number of benzene rings is 2. The van der Waals surface area contributed by atoms with Crippen LogP contribution >= 0.6 is 11.9 Å². The van der Waals surface area contributed by atoms with E-state index in [0.717, 1.165) is 26.0 Å². The molecule has 0 amide bonds. The van der Waals surface area contributed by atoms with Crippen LogP contribution in [0.3, 0.4) is 0 Å². The molecular formula is C31H24F6N8OS. The van der Waals surface area contributed by atoms with E-state index in [9.17, 15) is 26.3 Å². The molecule has 0 saturated carbocycles. The molecule has 0 saturated heterocycles. The molecule has 0 spiro atoms. The van der Waals surface area contributed by atoms with Crippen LogP contribution in [-0.2, 0) is 6.54 Å². The van der Waals surface area contributed by atoms with E-state index in [1.54, 1.807) is 43.7 Å². The maximum absolute atomic E-state index is 13.2. The first-order valence-electron chi connectivity index (χ1n) is 13.9. The highest BCUT2D eigenvalue weighted by Gasteiger charge is 2.56. The number of fused-ring (bicyclic) bond motifs is 2. The molecule has 2 N–H and O–H groups in total. The second-order valence-electron chi connectivity index (χ2n) is 10.4. The largest absolute Gasteiger partial charge is 0.481 e. The molecule has 0 aliphatic heterocycles. The normalized spacial score (nSPS) is 12.2. The van der Waals surface area contributed by atoms with Gasteiger partial charge in [0.15, 0.2) is 5.92 Å². The van der Waals surface area contributed by atoms with E-state index in [0.29, 0.717) is 39.9 Å². The highest BCUT2D eigenvalue weighted by Crippen LogP contribution is 2.41. The molecule has 0 unspecified atom stereocenters. The molecule has 0 fully saturated rings. The molecule has 47 heavy (non-hydrogen) atoms. The minimum Gasteiger partial charge on any atom is -0.481 e. The summed E-state index contributed by atoms with van der Waals surface area (Å²) in [5.41, 5.74) is 2.75. The van der Waals surface area contributed by atoms with Crippen molar-refractivity contribution in [3.63, 3.8) is 0 Å². The average Bonchev–Trinajstić information content (AvgIpc) is 3.46. The molecule has 242 valence electrons. The highest BCUT2D eigenvalue weighted by atomic mass is 32.2. The van der Waals surface area contributed by atoms with Crippen LogP contribution in [0.25, 0.3) is 32.9 Å². The summed E-state index contributed by atoms with van der Waals surface area (Å²) in [6.07, 6.45) is -4.78. The lowest BCUT2D eigenvalue weighted by atomic mass is 9.98. The van der Waals surface area contributed by atoms with Gasteiger partial charge >= 0.3 is 12.4 Å². The summed E-state index contributed by atoms with van der Waals surface area (Å²) < 4.78 is 88.3. The van der Waals surface area contributed by atoms with Crippen LogP contribution in [-0.4, -0.2) is 49.2 Å². The minimum absolute atomic E-state index is 0.154. The molecule has 0 radical (unpaired) electrons. The molecule has 6 aromatic rings. The van der Waals surface area contributed by atoms with Crippen molar-refractivity contribution in [2.24, 2.45) is 5.92 Å². The van der Waals surface area contributed by atoms with Crippen molar-refractivity contribution in [3.05, 3.63) is 84.9 Å². The molecular weight excluding hydrogens is 646 g/mol. The van der Waals surface area contributed by atoms with Crippen molar-refractivity contribution in [2.75, 3.05) is 17.1 Å². The van der Waals surface area contributed by atoms with Gasteiger partial charge in [-0.3, -0.25) is 14.4 Å². The Morgan fingerprint density at radius 2 is 1.62 bits per heavy atom. The average molecular weight is 671 g/mol. The van der Waals surface area contributed by atoms with Crippen LogP contribution < -0.4 is 14.8 Å². The van der Waals surface area contributed by atoms with Crippen molar-refractivity contribution in [1.82, 2.24) is 29.7 Å². The number of aryl methyl sites for hydroxylation is 1. The summed E-state index contributed by atoms with van der Waals surface area (Å²) in [7, 11) is 1.53. The number of hydrogen-bond donors (Lipinski definition) is 2. The number of rotatable bonds is 9. The summed E-state index contributed by atoms with van der Waals surface area (Å²) in [5, 5.41) is 9.10. The van der Waals surface area contributed by atoms with Gasteiger partial charge in [0.05, 0.1) is 31.1 Å². The van der Waals surface area contributed by atoms with Gasteiger partial charge < -0.3 is 10.1 Å².